The average Bonchev–Trinajstić information content (AvgIpc) is 3.58. The Balaban J connectivity index is 1.42. The number of carboxylic acid groups (broad SMARTS) is 1. The van der Waals surface area contributed by atoms with E-state index < -0.39 is 5.97 Å². The molecule has 0 unspecified atom stereocenters. The molecule has 0 atom stereocenters. The number of rotatable bonds is 8. The maximum Gasteiger partial charge on any atom is 0.335 e. The van der Waals surface area contributed by atoms with Crippen LogP contribution in [-0.4, -0.2) is 34.5 Å². The van der Waals surface area contributed by atoms with Crippen molar-refractivity contribution in [1.82, 2.24) is 4.90 Å². The molecule has 1 amide bonds. The highest BCUT2D eigenvalue weighted by Gasteiger charge is 2.29. The number of amides is 1. The number of fused-ring (bicyclic) bond motifs is 1. The fraction of sp³-hybridized carbons (Fsp3) is 0.280. The van der Waals surface area contributed by atoms with Crippen molar-refractivity contribution < 1.29 is 14.7 Å². The third-order valence-electron chi connectivity index (χ3n) is 5.70. The summed E-state index contributed by atoms with van der Waals surface area (Å²) in [6.07, 6.45) is 2.72. The molecule has 0 radical (unpaired) electrons. The lowest BCUT2D eigenvalue weighted by molar-refractivity contribution is -0.116. The molecule has 0 aliphatic heterocycles. The summed E-state index contributed by atoms with van der Waals surface area (Å²) < 4.78 is 0. The first kappa shape index (κ1) is 20.1. The molecule has 1 saturated carbocycles. The van der Waals surface area contributed by atoms with E-state index in [9.17, 15) is 14.7 Å². The second-order valence-corrected chi connectivity index (χ2v) is 7.97. The Labute approximate surface area is 176 Å². The van der Waals surface area contributed by atoms with E-state index in [1.807, 2.05) is 6.92 Å². The zero-order chi connectivity index (χ0) is 21.1. The minimum Gasteiger partial charge on any atom is -0.478 e. The lowest BCUT2D eigenvalue weighted by Crippen LogP contribution is -2.29. The molecule has 1 aliphatic rings. The molecule has 154 valence electrons. The zero-order valence-electron chi connectivity index (χ0n) is 17.1. The molecule has 2 N–H and O–H groups in total. The van der Waals surface area contributed by atoms with Gasteiger partial charge in [0.1, 0.15) is 0 Å². The molecule has 1 aliphatic carbocycles. The molecular weight excluding hydrogens is 376 g/mol. The Hall–Kier alpha value is -3.18. The number of hydrogen-bond acceptors (Lipinski definition) is 3. The monoisotopic (exact) mass is 402 g/mol. The van der Waals surface area contributed by atoms with Crippen molar-refractivity contribution in [3.8, 4) is 0 Å². The Morgan fingerprint density at radius 2 is 1.83 bits per heavy atom. The van der Waals surface area contributed by atoms with Crippen LogP contribution < -0.4 is 5.32 Å². The van der Waals surface area contributed by atoms with E-state index in [0.717, 1.165) is 12.1 Å². The van der Waals surface area contributed by atoms with Crippen LogP contribution >= 0.6 is 0 Å². The molecule has 4 rings (SSSR count). The molecule has 0 bridgehead atoms. The first-order valence-corrected chi connectivity index (χ1v) is 10.4. The summed E-state index contributed by atoms with van der Waals surface area (Å²) in [6, 6.07) is 20.1. The fourth-order valence-electron chi connectivity index (χ4n) is 3.83. The van der Waals surface area contributed by atoms with Crippen LogP contribution in [0.4, 0.5) is 5.69 Å². The van der Waals surface area contributed by atoms with Gasteiger partial charge in [-0.15, -0.1) is 0 Å². The van der Waals surface area contributed by atoms with Gasteiger partial charge in [0.2, 0.25) is 5.91 Å². The minimum atomic E-state index is -1.000. The average molecular weight is 402 g/mol. The number of anilines is 1. The normalized spacial score (nSPS) is 13.5. The van der Waals surface area contributed by atoms with Crippen LogP contribution in [0.5, 0.6) is 0 Å². The van der Waals surface area contributed by atoms with Crippen molar-refractivity contribution in [3.05, 3.63) is 77.4 Å². The highest BCUT2D eigenvalue weighted by atomic mass is 16.4. The van der Waals surface area contributed by atoms with Gasteiger partial charge in [-0.3, -0.25) is 9.69 Å². The maximum atomic E-state index is 12.6. The van der Waals surface area contributed by atoms with Crippen molar-refractivity contribution in [2.75, 3.05) is 11.9 Å². The summed E-state index contributed by atoms with van der Waals surface area (Å²) in [4.78, 5) is 26.2. The second kappa shape index (κ2) is 8.67. The maximum absolute atomic E-state index is 12.6. The molecule has 1 fully saturated rings. The number of carbonyl (C=O) groups is 2. The van der Waals surface area contributed by atoms with Gasteiger partial charge in [-0.25, -0.2) is 4.79 Å². The standard InChI is InChI=1S/C25H26N2O3/c1-17-9-10-19(25(29)30)15-23(17)26-24(28)13-14-27(21-11-12-21)16-20-7-4-6-18-5-2-3-8-22(18)20/h2-10,15,21H,11-14,16H2,1H3,(H,26,28)(H,29,30). The third kappa shape index (κ3) is 4.69. The molecule has 0 heterocycles. The van der Waals surface area contributed by atoms with Crippen LogP contribution in [0.3, 0.4) is 0 Å². The summed E-state index contributed by atoms with van der Waals surface area (Å²) in [5, 5.41) is 14.6. The Bertz CT molecular complexity index is 1080. The van der Waals surface area contributed by atoms with Gasteiger partial charge in [0.05, 0.1) is 5.56 Å². The SMILES string of the molecule is Cc1ccc(C(=O)O)cc1NC(=O)CCN(Cc1cccc2ccccc12)C1CC1. The largest absolute Gasteiger partial charge is 0.478 e. The zero-order valence-corrected chi connectivity index (χ0v) is 17.1. The van der Waals surface area contributed by atoms with E-state index in [1.165, 1.54) is 35.2 Å². The highest BCUT2D eigenvalue weighted by molar-refractivity contribution is 5.94. The number of hydrogen-bond donors (Lipinski definition) is 2. The van der Waals surface area contributed by atoms with E-state index in [-0.39, 0.29) is 11.5 Å². The number of benzene rings is 3. The van der Waals surface area contributed by atoms with Gasteiger partial charge < -0.3 is 10.4 Å². The topological polar surface area (TPSA) is 69.6 Å². The lowest BCUT2D eigenvalue weighted by Gasteiger charge is -2.23. The third-order valence-corrected chi connectivity index (χ3v) is 5.70. The van der Waals surface area contributed by atoms with Gasteiger partial charge in [0.15, 0.2) is 0 Å². The van der Waals surface area contributed by atoms with Gasteiger partial charge in [0, 0.05) is 31.2 Å². The van der Waals surface area contributed by atoms with Crippen LogP contribution in [0.25, 0.3) is 10.8 Å². The summed E-state index contributed by atoms with van der Waals surface area (Å²) in [7, 11) is 0. The Morgan fingerprint density at radius 1 is 1.07 bits per heavy atom. The van der Waals surface area contributed by atoms with Crippen LogP contribution in [0.1, 0.15) is 40.7 Å². The van der Waals surface area contributed by atoms with Gasteiger partial charge in [-0.05, 0) is 53.8 Å². The molecule has 5 nitrogen and oxygen atoms in total. The highest BCUT2D eigenvalue weighted by Crippen LogP contribution is 2.30. The van der Waals surface area contributed by atoms with E-state index in [1.54, 1.807) is 12.1 Å². The van der Waals surface area contributed by atoms with Gasteiger partial charge in [0.25, 0.3) is 0 Å². The molecule has 0 aromatic heterocycles. The number of aryl methyl sites for hydroxylation is 1. The molecule has 0 spiro atoms. The summed E-state index contributed by atoms with van der Waals surface area (Å²) in [6.45, 7) is 3.36. The molecule has 0 saturated heterocycles. The van der Waals surface area contributed by atoms with Crippen LogP contribution in [0.15, 0.2) is 60.7 Å². The van der Waals surface area contributed by atoms with E-state index >= 15 is 0 Å². The van der Waals surface area contributed by atoms with Crippen molar-refractivity contribution in [2.24, 2.45) is 0 Å². The smallest absolute Gasteiger partial charge is 0.335 e. The molecule has 3 aromatic rings. The number of carbonyl (C=O) groups excluding carboxylic acids is 1. The van der Waals surface area contributed by atoms with E-state index in [4.69, 9.17) is 0 Å². The van der Waals surface area contributed by atoms with Gasteiger partial charge >= 0.3 is 5.97 Å². The fourth-order valence-corrected chi connectivity index (χ4v) is 3.83. The molecular formula is C25H26N2O3. The lowest BCUT2D eigenvalue weighted by atomic mass is 10.0. The van der Waals surface area contributed by atoms with Crippen LogP contribution in [0, 0.1) is 6.92 Å². The second-order valence-electron chi connectivity index (χ2n) is 7.97. The van der Waals surface area contributed by atoms with Crippen LogP contribution in [-0.2, 0) is 11.3 Å². The summed E-state index contributed by atoms with van der Waals surface area (Å²) in [5.74, 6) is -1.09. The summed E-state index contributed by atoms with van der Waals surface area (Å²) >= 11 is 0. The first-order valence-electron chi connectivity index (χ1n) is 10.4. The van der Waals surface area contributed by atoms with Crippen molar-refractivity contribution >= 4 is 28.3 Å². The molecule has 5 heteroatoms. The minimum absolute atomic E-state index is 0.0933. The van der Waals surface area contributed by atoms with E-state index in [2.05, 4.69) is 52.7 Å². The first-order chi connectivity index (χ1) is 14.5. The van der Waals surface area contributed by atoms with Crippen LogP contribution in [0.2, 0.25) is 0 Å². The Kier molecular flexibility index (Phi) is 5.81. The summed E-state index contributed by atoms with van der Waals surface area (Å²) in [5.41, 5.74) is 2.87. The molecule has 30 heavy (non-hydrogen) atoms. The quantitative estimate of drug-likeness (QED) is 0.566. The number of carboxylic acids is 1. The van der Waals surface area contributed by atoms with Gasteiger partial charge in [-0.1, -0.05) is 48.5 Å². The number of aromatic carboxylic acids is 1. The van der Waals surface area contributed by atoms with Crippen molar-refractivity contribution in [1.29, 1.82) is 0 Å². The van der Waals surface area contributed by atoms with Gasteiger partial charge in [-0.2, -0.15) is 0 Å². The predicted molar refractivity (Wildman–Crippen MR) is 119 cm³/mol. The molecule has 3 aromatic carbocycles. The number of nitrogens with zero attached hydrogens (tertiary/aromatic N) is 1. The Morgan fingerprint density at radius 3 is 2.60 bits per heavy atom. The van der Waals surface area contributed by atoms with Crippen molar-refractivity contribution in [2.45, 2.75) is 38.8 Å². The van der Waals surface area contributed by atoms with E-state index in [0.29, 0.717) is 24.7 Å². The van der Waals surface area contributed by atoms with Crippen molar-refractivity contribution in [3.63, 3.8) is 0 Å². The predicted octanol–water partition coefficient (Wildman–Crippen LogP) is 4.84. The number of nitrogens with one attached hydrogen (secondary N) is 1.